The van der Waals surface area contributed by atoms with Crippen LogP contribution in [0.25, 0.3) is 10.4 Å². The second-order valence-electron chi connectivity index (χ2n) is 8.20. The minimum absolute atomic E-state index is 0.0626. The maximum atomic E-state index is 13.5. The summed E-state index contributed by atoms with van der Waals surface area (Å²) in [7, 11) is 0. The second-order valence-corrected chi connectivity index (χ2v) is 9.36. The Morgan fingerprint density at radius 2 is 1.73 bits per heavy atom. The molecule has 1 aliphatic heterocycles. The fourth-order valence-electron chi connectivity index (χ4n) is 3.95. The van der Waals surface area contributed by atoms with E-state index in [-0.39, 0.29) is 17.6 Å². The Morgan fingerprint density at radius 1 is 0.939 bits per heavy atom. The van der Waals surface area contributed by atoms with Gasteiger partial charge >= 0.3 is 0 Å². The molecule has 0 bridgehead atoms. The molecule has 172 valence electrons. The number of hydrogen-bond donors (Lipinski definition) is 1. The lowest BCUT2D eigenvalue weighted by Gasteiger charge is -2.34. The van der Waals surface area contributed by atoms with Crippen LogP contribution in [0.1, 0.15) is 16.9 Å². The maximum Gasteiger partial charge on any atom is 0.224 e. The van der Waals surface area contributed by atoms with E-state index in [2.05, 4.69) is 16.3 Å². The number of benzene rings is 2. The van der Waals surface area contributed by atoms with E-state index in [1.165, 1.54) is 10.9 Å². The third-order valence-electron chi connectivity index (χ3n) is 5.74. The monoisotopic (exact) mass is 465 g/mol. The molecule has 2 aromatic carbocycles. The summed E-state index contributed by atoms with van der Waals surface area (Å²) < 4.78 is 13.5. The Labute approximate surface area is 197 Å². The van der Waals surface area contributed by atoms with Crippen LogP contribution in [0, 0.1) is 5.82 Å². The highest BCUT2D eigenvalue weighted by Gasteiger charge is 2.21. The van der Waals surface area contributed by atoms with Gasteiger partial charge in [0.25, 0.3) is 0 Å². The molecule has 0 saturated carbocycles. The van der Waals surface area contributed by atoms with Crippen molar-refractivity contribution in [2.24, 2.45) is 0 Å². The van der Waals surface area contributed by atoms with Crippen LogP contribution in [0.3, 0.4) is 0 Å². The minimum atomic E-state index is -0.223. The van der Waals surface area contributed by atoms with Gasteiger partial charge in [-0.05, 0) is 35.4 Å². The van der Waals surface area contributed by atoms with E-state index in [0.717, 1.165) is 35.6 Å². The molecular formula is C26H28FN3O2S. The number of amides is 2. The van der Waals surface area contributed by atoms with Crippen molar-refractivity contribution in [2.45, 2.75) is 19.4 Å². The van der Waals surface area contributed by atoms with Gasteiger partial charge in [0.1, 0.15) is 5.82 Å². The SMILES string of the molecule is O=C(Cc1ccccc1)NCCC(=O)N1CCN(Cc2ccc(-c3cccc(F)c3)s2)CC1. The van der Waals surface area contributed by atoms with Crippen molar-refractivity contribution in [2.75, 3.05) is 32.7 Å². The Morgan fingerprint density at radius 3 is 2.48 bits per heavy atom. The number of carbonyl (C=O) groups excluding carboxylic acids is 2. The van der Waals surface area contributed by atoms with Crippen molar-refractivity contribution in [3.8, 4) is 10.4 Å². The molecule has 0 unspecified atom stereocenters. The van der Waals surface area contributed by atoms with E-state index in [4.69, 9.17) is 0 Å². The molecular weight excluding hydrogens is 437 g/mol. The van der Waals surface area contributed by atoms with Gasteiger partial charge in [-0.2, -0.15) is 0 Å². The normalized spacial score (nSPS) is 14.3. The first-order valence-electron chi connectivity index (χ1n) is 11.2. The van der Waals surface area contributed by atoms with Crippen molar-refractivity contribution in [3.63, 3.8) is 0 Å². The topological polar surface area (TPSA) is 52.7 Å². The molecule has 4 rings (SSSR count). The molecule has 1 aromatic heterocycles. The van der Waals surface area contributed by atoms with Crippen molar-refractivity contribution < 1.29 is 14.0 Å². The fraction of sp³-hybridized carbons (Fsp3) is 0.308. The van der Waals surface area contributed by atoms with Crippen LogP contribution in [-0.2, 0) is 22.6 Å². The first-order valence-corrected chi connectivity index (χ1v) is 12.0. The van der Waals surface area contributed by atoms with Gasteiger partial charge in [-0.1, -0.05) is 42.5 Å². The molecule has 3 aromatic rings. The van der Waals surface area contributed by atoms with Gasteiger partial charge in [0.05, 0.1) is 6.42 Å². The highest BCUT2D eigenvalue weighted by molar-refractivity contribution is 7.15. The first kappa shape index (κ1) is 23.1. The van der Waals surface area contributed by atoms with Gasteiger partial charge < -0.3 is 10.2 Å². The van der Waals surface area contributed by atoms with Gasteiger partial charge in [-0.3, -0.25) is 14.5 Å². The van der Waals surface area contributed by atoms with Gasteiger partial charge in [-0.25, -0.2) is 4.39 Å². The quantitative estimate of drug-likeness (QED) is 0.548. The largest absolute Gasteiger partial charge is 0.355 e. The maximum absolute atomic E-state index is 13.5. The Hall–Kier alpha value is -3.03. The number of nitrogens with one attached hydrogen (secondary N) is 1. The highest BCUT2D eigenvalue weighted by Crippen LogP contribution is 2.29. The smallest absolute Gasteiger partial charge is 0.224 e. The number of thiophene rings is 1. The van der Waals surface area contributed by atoms with Crippen LogP contribution < -0.4 is 5.32 Å². The van der Waals surface area contributed by atoms with E-state index in [9.17, 15) is 14.0 Å². The van der Waals surface area contributed by atoms with Gasteiger partial charge in [0.2, 0.25) is 11.8 Å². The van der Waals surface area contributed by atoms with Gasteiger partial charge in [-0.15, -0.1) is 11.3 Å². The van der Waals surface area contributed by atoms with Crippen LogP contribution in [0.15, 0.2) is 66.7 Å². The summed E-state index contributed by atoms with van der Waals surface area (Å²) in [6.07, 6.45) is 0.653. The number of halogens is 1. The molecule has 33 heavy (non-hydrogen) atoms. The molecule has 0 spiro atoms. The molecule has 0 aliphatic carbocycles. The van der Waals surface area contributed by atoms with E-state index >= 15 is 0 Å². The van der Waals surface area contributed by atoms with Crippen molar-refractivity contribution in [3.05, 3.63) is 83.0 Å². The summed E-state index contributed by atoms with van der Waals surface area (Å²) >= 11 is 1.68. The molecule has 2 amide bonds. The molecule has 7 heteroatoms. The van der Waals surface area contributed by atoms with E-state index in [0.29, 0.717) is 32.5 Å². The molecule has 1 saturated heterocycles. The number of nitrogens with zero attached hydrogens (tertiary/aromatic N) is 2. The molecule has 2 heterocycles. The Kier molecular flexibility index (Phi) is 7.86. The first-order chi connectivity index (χ1) is 16.1. The molecule has 1 aliphatic rings. The predicted molar refractivity (Wildman–Crippen MR) is 129 cm³/mol. The van der Waals surface area contributed by atoms with Crippen LogP contribution >= 0.6 is 11.3 Å². The Bertz CT molecular complexity index is 1080. The summed E-state index contributed by atoms with van der Waals surface area (Å²) in [6, 6.07) is 20.4. The molecule has 1 fully saturated rings. The number of piperazine rings is 1. The standard InChI is InChI=1S/C26H28FN3O2S/c27-22-8-4-7-21(18-22)24-10-9-23(33-24)19-29-13-15-30(16-14-29)26(32)11-12-28-25(31)17-20-5-2-1-3-6-20/h1-10,18H,11-17,19H2,(H,28,31). The van der Waals surface area contributed by atoms with Crippen LogP contribution in [-0.4, -0.2) is 54.3 Å². The van der Waals surface area contributed by atoms with Crippen LogP contribution in [0.4, 0.5) is 4.39 Å². The zero-order chi connectivity index (χ0) is 23.0. The van der Waals surface area contributed by atoms with Crippen molar-refractivity contribution in [1.29, 1.82) is 0 Å². The summed E-state index contributed by atoms with van der Waals surface area (Å²) in [5.74, 6) is -0.203. The van der Waals surface area contributed by atoms with Crippen LogP contribution in [0.5, 0.6) is 0 Å². The zero-order valence-corrected chi connectivity index (χ0v) is 19.3. The van der Waals surface area contributed by atoms with E-state index in [1.54, 1.807) is 23.5 Å². The molecule has 0 atom stereocenters. The number of carbonyl (C=O) groups is 2. The van der Waals surface area contributed by atoms with Crippen LogP contribution in [0.2, 0.25) is 0 Å². The summed E-state index contributed by atoms with van der Waals surface area (Å²) in [6.45, 7) is 4.22. The van der Waals surface area contributed by atoms with E-state index in [1.807, 2.05) is 47.4 Å². The molecule has 1 N–H and O–H groups in total. The summed E-state index contributed by atoms with van der Waals surface area (Å²) in [5.41, 5.74) is 1.86. The average molecular weight is 466 g/mol. The zero-order valence-electron chi connectivity index (χ0n) is 18.5. The van der Waals surface area contributed by atoms with Gasteiger partial charge in [0, 0.05) is 55.4 Å². The number of rotatable bonds is 8. The lowest BCUT2D eigenvalue weighted by molar-refractivity contribution is -0.133. The minimum Gasteiger partial charge on any atom is -0.355 e. The van der Waals surface area contributed by atoms with E-state index < -0.39 is 0 Å². The molecule has 0 radical (unpaired) electrons. The number of hydrogen-bond acceptors (Lipinski definition) is 4. The lowest BCUT2D eigenvalue weighted by Crippen LogP contribution is -2.48. The Balaban J connectivity index is 1.17. The molecule has 5 nitrogen and oxygen atoms in total. The highest BCUT2D eigenvalue weighted by atomic mass is 32.1. The third-order valence-corrected chi connectivity index (χ3v) is 6.86. The van der Waals surface area contributed by atoms with Crippen molar-refractivity contribution in [1.82, 2.24) is 15.1 Å². The third kappa shape index (κ3) is 6.73. The van der Waals surface area contributed by atoms with Gasteiger partial charge in [0.15, 0.2) is 0 Å². The lowest BCUT2D eigenvalue weighted by atomic mass is 10.1. The average Bonchev–Trinajstić information content (AvgIpc) is 3.29. The second kappa shape index (κ2) is 11.2. The summed E-state index contributed by atoms with van der Waals surface area (Å²) in [4.78, 5) is 31.1. The fourth-order valence-corrected chi connectivity index (χ4v) is 4.99. The predicted octanol–water partition coefficient (Wildman–Crippen LogP) is 3.95. The summed E-state index contributed by atoms with van der Waals surface area (Å²) in [5, 5.41) is 2.84. The van der Waals surface area contributed by atoms with Crippen molar-refractivity contribution >= 4 is 23.2 Å².